The van der Waals surface area contributed by atoms with Crippen molar-refractivity contribution in [2.75, 3.05) is 13.0 Å². The zero-order chi connectivity index (χ0) is 18.7. The van der Waals surface area contributed by atoms with Gasteiger partial charge in [-0.3, -0.25) is 0 Å². The Bertz CT molecular complexity index is 513. The SMILES string of the molecule is [2H]C1([2H])NC([2H])([2H])C2([2H])C([2H])([2H])C([2H])([2H])C1([2H])C2([2H])C(C)(C)C. The second-order valence-corrected chi connectivity index (χ2v) is 4.00. The molecule has 12 heavy (non-hydrogen) atoms. The van der Waals surface area contributed by atoms with Gasteiger partial charge in [0.25, 0.3) is 0 Å². The summed E-state index contributed by atoms with van der Waals surface area (Å²) in [6, 6.07) is 0. The second kappa shape index (κ2) is 2.73. The van der Waals surface area contributed by atoms with Crippen LogP contribution in [0.3, 0.4) is 0 Å². The first-order valence-electron chi connectivity index (χ1n) is 9.50. The lowest BCUT2D eigenvalue weighted by Crippen LogP contribution is -2.43. The van der Waals surface area contributed by atoms with Gasteiger partial charge in [0.05, 0.1) is 0 Å². The highest BCUT2D eigenvalue weighted by Gasteiger charge is 2.44. The summed E-state index contributed by atoms with van der Waals surface area (Å²) in [6.45, 7) is -2.00. The van der Waals surface area contributed by atoms with Crippen molar-refractivity contribution in [3.63, 3.8) is 0 Å². The molecule has 0 aromatic rings. The predicted octanol–water partition coefficient (Wildman–Crippen LogP) is 2.28. The molecule has 2 bridgehead atoms. The number of hydrogen-bond acceptors (Lipinski definition) is 1. The minimum Gasteiger partial charge on any atom is -0.316 e. The van der Waals surface area contributed by atoms with Crippen molar-refractivity contribution in [2.24, 2.45) is 23.1 Å². The molecule has 1 aliphatic heterocycles. The molecule has 2 atom stereocenters. The monoisotopic (exact) mass is 178 g/mol. The Balaban J connectivity index is 3.10. The molecule has 2 rings (SSSR count). The smallest absolute Gasteiger partial charge is 0.0431 e. The standard InChI is InChI=1S/C11H21N/c1-11(2,3)10-8-4-5-9(10)7-12-6-8/h8-10,12H,4-7H2,1-3H3/i4D2,5D2,6D2,7D2,8D,9D,10D. The van der Waals surface area contributed by atoms with Crippen LogP contribution in [-0.4, -0.2) is 13.0 Å². The first-order chi connectivity index (χ1) is 9.71. The van der Waals surface area contributed by atoms with E-state index in [1.807, 2.05) is 0 Å². The molecule has 0 spiro atoms. The van der Waals surface area contributed by atoms with Crippen molar-refractivity contribution >= 4 is 0 Å². The second-order valence-electron chi connectivity index (χ2n) is 4.00. The number of rotatable bonds is 0. The molecule has 2 fully saturated rings. The van der Waals surface area contributed by atoms with Gasteiger partial charge in [0.1, 0.15) is 0 Å². The van der Waals surface area contributed by atoms with Crippen LogP contribution in [0.25, 0.3) is 0 Å². The van der Waals surface area contributed by atoms with Gasteiger partial charge in [-0.05, 0) is 48.8 Å². The van der Waals surface area contributed by atoms with E-state index in [4.69, 9.17) is 15.1 Å². The zero-order valence-corrected chi connectivity index (χ0v) is 7.50. The Morgan fingerprint density at radius 3 is 2.17 bits per heavy atom. The molecule has 0 aromatic heterocycles. The maximum Gasteiger partial charge on any atom is 0.0431 e. The van der Waals surface area contributed by atoms with E-state index < -0.39 is 48.8 Å². The van der Waals surface area contributed by atoms with E-state index in [1.54, 1.807) is 5.32 Å². The van der Waals surface area contributed by atoms with Gasteiger partial charge in [-0.1, -0.05) is 20.8 Å². The minimum atomic E-state index is -3.28. The summed E-state index contributed by atoms with van der Waals surface area (Å²) in [5.74, 6) is -8.83. The van der Waals surface area contributed by atoms with Crippen LogP contribution < -0.4 is 5.32 Å². The first kappa shape index (κ1) is 2.50. The third-order valence-corrected chi connectivity index (χ3v) is 1.94. The molecule has 1 aliphatic carbocycles. The molecule has 1 heteroatoms. The predicted molar refractivity (Wildman–Crippen MR) is 52.0 cm³/mol. The van der Waals surface area contributed by atoms with Crippen LogP contribution in [0.15, 0.2) is 0 Å². The Kier molecular flexibility index (Phi) is 0.569. The molecule has 1 heterocycles. The summed E-state index contributed by atoms with van der Waals surface area (Å²) in [6.07, 6.45) is -6.56. The van der Waals surface area contributed by atoms with E-state index in [-0.39, 0.29) is 0 Å². The summed E-state index contributed by atoms with van der Waals surface area (Å²) in [5.41, 5.74) is -1.45. The van der Waals surface area contributed by atoms with E-state index >= 15 is 0 Å². The topological polar surface area (TPSA) is 12.0 Å². The lowest BCUT2D eigenvalue weighted by atomic mass is 9.69. The molecule has 0 radical (unpaired) electrons. The van der Waals surface area contributed by atoms with Crippen LogP contribution in [-0.2, 0) is 0 Å². The fourth-order valence-corrected chi connectivity index (χ4v) is 1.47. The molecule has 1 N–H and O–H groups in total. The normalized spacial score (nSPS) is 90.4. The third-order valence-electron chi connectivity index (χ3n) is 1.94. The highest BCUT2D eigenvalue weighted by atomic mass is 14.9. The third kappa shape index (κ3) is 1.28. The molecular weight excluding hydrogens is 146 g/mol. The van der Waals surface area contributed by atoms with Crippen molar-refractivity contribution in [1.82, 2.24) is 5.32 Å². The summed E-state index contributed by atoms with van der Waals surface area (Å²) in [4.78, 5) is 0. The minimum absolute atomic E-state index is 1.38. The molecule has 70 valence electrons. The molecule has 2 aliphatic rings. The highest BCUT2D eigenvalue weighted by Crippen LogP contribution is 2.48. The summed E-state index contributed by atoms with van der Waals surface area (Å²) in [7, 11) is 0. The van der Waals surface area contributed by atoms with Crippen LogP contribution in [0.2, 0.25) is 0 Å². The summed E-state index contributed by atoms with van der Waals surface area (Å²) in [5, 5.41) is 1.81. The van der Waals surface area contributed by atoms with Gasteiger partial charge in [0.15, 0.2) is 0 Å². The van der Waals surface area contributed by atoms with Crippen LogP contribution in [0, 0.1) is 23.1 Å². The van der Waals surface area contributed by atoms with Crippen LogP contribution in [0.1, 0.15) is 48.6 Å². The van der Waals surface area contributed by atoms with Gasteiger partial charge >= 0.3 is 0 Å². The quantitative estimate of drug-likeness (QED) is 0.600. The van der Waals surface area contributed by atoms with Gasteiger partial charge < -0.3 is 5.32 Å². The van der Waals surface area contributed by atoms with Crippen molar-refractivity contribution in [1.29, 1.82) is 0 Å². The molecule has 1 saturated carbocycles. The number of fused-ring (bicyclic) bond motifs is 2. The van der Waals surface area contributed by atoms with Gasteiger partial charge in [-0.2, -0.15) is 0 Å². The highest BCUT2D eigenvalue weighted by molar-refractivity contribution is 4.96. The van der Waals surface area contributed by atoms with Crippen molar-refractivity contribution < 1.29 is 15.1 Å². The lowest BCUT2D eigenvalue weighted by molar-refractivity contribution is 0.109. The average molecular weight is 178 g/mol. The lowest BCUT2D eigenvalue weighted by Gasteiger charge is -2.40. The molecule has 0 amide bonds. The molecule has 2 unspecified atom stereocenters. The number of hydrogen-bond donors (Lipinski definition) is 1. The summed E-state index contributed by atoms with van der Waals surface area (Å²) >= 11 is 0. The van der Waals surface area contributed by atoms with Crippen molar-refractivity contribution in [2.45, 2.75) is 33.5 Å². The van der Waals surface area contributed by atoms with Crippen molar-refractivity contribution in [3.05, 3.63) is 0 Å². The van der Waals surface area contributed by atoms with Crippen LogP contribution in [0.4, 0.5) is 0 Å². The maximum atomic E-state index is 8.79. The zero-order valence-electron chi connectivity index (χ0n) is 18.5. The van der Waals surface area contributed by atoms with Crippen molar-refractivity contribution in [3.8, 4) is 0 Å². The fraction of sp³-hybridized carbons (Fsp3) is 1.00. The Hall–Kier alpha value is -0.0400. The average Bonchev–Trinajstić information content (AvgIpc) is 2.35. The molecular formula is C11H21N. The Morgan fingerprint density at radius 1 is 1.25 bits per heavy atom. The number of nitrogens with one attached hydrogen (secondary N) is 1. The van der Waals surface area contributed by atoms with E-state index in [2.05, 4.69) is 0 Å². The van der Waals surface area contributed by atoms with Gasteiger partial charge in [0.2, 0.25) is 0 Å². The van der Waals surface area contributed by atoms with E-state index in [9.17, 15) is 0 Å². The number of piperidine rings is 1. The maximum absolute atomic E-state index is 8.79. The largest absolute Gasteiger partial charge is 0.316 e. The molecule has 1 nitrogen and oxygen atoms in total. The van der Waals surface area contributed by atoms with E-state index in [0.717, 1.165) is 0 Å². The van der Waals surface area contributed by atoms with Crippen LogP contribution >= 0.6 is 0 Å². The van der Waals surface area contributed by atoms with Gasteiger partial charge in [-0.15, -0.1) is 0 Å². The first-order valence-corrected chi connectivity index (χ1v) is 4.00. The molecule has 0 aromatic carbocycles. The van der Waals surface area contributed by atoms with E-state index in [1.165, 1.54) is 20.8 Å². The van der Waals surface area contributed by atoms with Crippen LogP contribution in [0.5, 0.6) is 0 Å². The molecule has 1 saturated heterocycles. The van der Waals surface area contributed by atoms with E-state index in [0.29, 0.717) is 0 Å². The van der Waals surface area contributed by atoms with Gasteiger partial charge in [0, 0.05) is 15.1 Å². The Labute approximate surface area is 91.4 Å². The summed E-state index contributed by atoms with van der Waals surface area (Å²) < 4.78 is 90.5. The Morgan fingerprint density at radius 2 is 1.75 bits per heavy atom. The fourth-order valence-electron chi connectivity index (χ4n) is 1.47. The van der Waals surface area contributed by atoms with Gasteiger partial charge in [-0.25, -0.2) is 0 Å².